The molecule has 3 rings (SSSR count). The molecule has 1 unspecified atom stereocenters. The van der Waals surface area contributed by atoms with Gasteiger partial charge in [-0.2, -0.15) is 0 Å². The summed E-state index contributed by atoms with van der Waals surface area (Å²) in [6, 6.07) is 6.70. The van der Waals surface area contributed by atoms with Gasteiger partial charge in [-0.1, -0.05) is 6.07 Å². The number of nitrogens with two attached hydrogens (primary N) is 1. The van der Waals surface area contributed by atoms with Crippen LogP contribution in [0.15, 0.2) is 18.2 Å². The Hall–Kier alpha value is -1.13. The fourth-order valence-electron chi connectivity index (χ4n) is 3.24. The predicted molar refractivity (Wildman–Crippen MR) is 73.1 cm³/mol. The Morgan fingerprint density at radius 3 is 3.00 bits per heavy atom. The van der Waals surface area contributed by atoms with Crippen LogP contribution in [0.3, 0.4) is 0 Å². The van der Waals surface area contributed by atoms with Crippen molar-refractivity contribution in [1.82, 2.24) is 14.8 Å². The van der Waals surface area contributed by atoms with E-state index in [9.17, 15) is 0 Å². The number of nitrogens with zero attached hydrogens (tertiary/aromatic N) is 3. The van der Waals surface area contributed by atoms with E-state index >= 15 is 0 Å². The molecule has 2 saturated heterocycles. The third-order valence-electron chi connectivity index (χ3n) is 4.10. The summed E-state index contributed by atoms with van der Waals surface area (Å²) in [5, 5.41) is 0. The molecular weight excluding hydrogens is 224 g/mol. The standard InChI is InChI=1S/C14H22N4/c15-14-6-1-4-12(16-14)10-17-7-3-9-18-8-2-5-13(18)11-17/h1,4,6,13H,2-3,5,7-11H2,(H2,15,16). The van der Waals surface area contributed by atoms with Crippen molar-refractivity contribution in [2.75, 3.05) is 31.9 Å². The summed E-state index contributed by atoms with van der Waals surface area (Å²) in [5.74, 6) is 0.629. The third kappa shape index (κ3) is 2.65. The Balaban J connectivity index is 1.65. The zero-order valence-electron chi connectivity index (χ0n) is 10.9. The quantitative estimate of drug-likeness (QED) is 0.855. The van der Waals surface area contributed by atoms with Gasteiger partial charge in [0.1, 0.15) is 5.82 Å². The smallest absolute Gasteiger partial charge is 0.123 e. The highest BCUT2D eigenvalue weighted by Crippen LogP contribution is 2.22. The summed E-state index contributed by atoms with van der Waals surface area (Å²) in [7, 11) is 0. The highest BCUT2D eigenvalue weighted by molar-refractivity contribution is 5.28. The molecule has 0 saturated carbocycles. The second-order valence-corrected chi connectivity index (χ2v) is 5.47. The van der Waals surface area contributed by atoms with Gasteiger partial charge in [-0.25, -0.2) is 4.98 Å². The molecule has 1 aromatic heterocycles. The molecule has 2 aliphatic rings. The lowest BCUT2D eigenvalue weighted by Crippen LogP contribution is -2.36. The van der Waals surface area contributed by atoms with Crippen LogP contribution in [0.1, 0.15) is 25.0 Å². The SMILES string of the molecule is Nc1cccc(CN2CCCN3CCCC3C2)n1. The first-order chi connectivity index (χ1) is 8.81. The molecule has 0 aliphatic carbocycles. The van der Waals surface area contributed by atoms with Gasteiger partial charge in [-0.05, 0) is 51.0 Å². The van der Waals surface area contributed by atoms with Gasteiger partial charge in [0, 0.05) is 19.1 Å². The van der Waals surface area contributed by atoms with Crippen LogP contribution in [0.2, 0.25) is 0 Å². The highest BCUT2D eigenvalue weighted by Gasteiger charge is 2.28. The number of pyridine rings is 1. The fourth-order valence-corrected chi connectivity index (χ4v) is 3.24. The molecular formula is C14H22N4. The first-order valence-corrected chi connectivity index (χ1v) is 6.99. The average molecular weight is 246 g/mol. The molecule has 3 heterocycles. The summed E-state index contributed by atoms with van der Waals surface area (Å²) < 4.78 is 0. The minimum Gasteiger partial charge on any atom is -0.384 e. The van der Waals surface area contributed by atoms with Gasteiger partial charge in [0.2, 0.25) is 0 Å². The van der Waals surface area contributed by atoms with E-state index in [-0.39, 0.29) is 0 Å². The Morgan fingerprint density at radius 1 is 1.22 bits per heavy atom. The maximum Gasteiger partial charge on any atom is 0.123 e. The summed E-state index contributed by atoms with van der Waals surface area (Å²) in [6.45, 7) is 5.88. The minimum absolute atomic E-state index is 0.629. The van der Waals surface area contributed by atoms with Crippen molar-refractivity contribution in [2.24, 2.45) is 0 Å². The molecule has 0 bridgehead atoms. The van der Waals surface area contributed by atoms with Gasteiger partial charge in [0.15, 0.2) is 0 Å². The largest absolute Gasteiger partial charge is 0.384 e. The van der Waals surface area contributed by atoms with Gasteiger partial charge in [0.05, 0.1) is 5.69 Å². The lowest BCUT2D eigenvalue weighted by Gasteiger charge is -2.25. The van der Waals surface area contributed by atoms with Gasteiger partial charge in [0.25, 0.3) is 0 Å². The number of fused-ring (bicyclic) bond motifs is 1. The Kier molecular flexibility index (Phi) is 3.48. The lowest BCUT2D eigenvalue weighted by atomic mass is 10.2. The molecule has 0 amide bonds. The van der Waals surface area contributed by atoms with Gasteiger partial charge in [-0.15, -0.1) is 0 Å². The molecule has 1 atom stereocenters. The molecule has 4 nitrogen and oxygen atoms in total. The molecule has 4 heteroatoms. The highest BCUT2D eigenvalue weighted by atomic mass is 15.3. The zero-order chi connectivity index (χ0) is 12.4. The number of hydrogen-bond acceptors (Lipinski definition) is 4. The number of aromatic nitrogens is 1. The van der Waals surface area contributed by atoms with Crippen LogP contribution < -0.4 is 5.73 Å². The number of rotatable bonds is 2. The van der Waals surface area contributed by atoms with Crippen molar-refractivity contribution < 1.29 is 0 Å². The monoisotopic (exact) mass is 246 g/mol. The van der Waals surface area contributed by atoms with E-state index in [4.69, 9.17) is 5.73 Å². The summed E-state index contributed by atoms with van der Waals surface area (Å²) in [6.07, 6.45) is 4.01. The summed E-state index contributed by atoms with van der Waals surface area (Å²) in [4.78, 5) is 9.60. The fraction of sp³-hybridized carbons (Fsp3) is 0.643. The van der Waals surface area contributed by atoms with Gasteiger partial charge >= 0.3 is 0 Å². The van der Waals surface area contributed by atoms with Crippen molar-refractivity contribution >= 4 is 5.82 Å². The van der Waals surface area contributed by atoms with Gasteiger partial charge in [-0.3, -0.25) is 9.80 Å². The van der Waals surface area contributed by atoms with Crippen LogP contribution in [0.5, 0.6) is 0 Å². The van der Waals surface area contributed by atoms with Crippen molar-refractivity contribution in [3.8, 4) is 0 Å². The molecule has 2 N–H and O–H groups in total. The van der Waals surface area contributed by atoms with E-state index in [1.165, 1.54) is 45.4 Å². The predicted octanol–water partition coefficient (Wildman–Crippen LogP) is 1.33. The normalized spacial score (nSPS) is 25.9. The lowest BCUT2D eigenvalue weighted by molar-refractivity contribution is 0.214. The first-order valence-electron chi connectivity index (χ1n) is 6.99. The van der Waals surface area contributed by atoms with Crippen LogP contribution in [0, 0.1) is 0 Å². The van der Waals surface area contributed by atoms with E-state index in [0.717, 1.165) is 18.3 Å². The zero-order valence-corrected chi connectivity index (χ0v) is 10.9. The summed E-state index contributed by atoms with van der Waals surface area (Å²) in [5.41, 5.74) is 6.84. The second kappa shape index (κ2) is 5.24. The Bertz CT molecular complexity index is 407. The van der Waals surface area contributed by atoms with Crippen molar-refractivity contribution in [2.45, 2.75) is 31.8 Å². The van der Waals surface area contributed by atoms with E-state index < -0.39 is 0 Å². The van der Waals surface area contributed by atoms with E-state index in [2.05, 4.69) is 20.9 Å². The molecule has 0 spiro atoms. The molecule has 0 aromatic carbocycles. The van der Waals surface area contributed by atoms with Crippen molar-refractivity contribution in [1.29, 1.82) is 0 Å². The van der Waals surface area contributed by atoms with Crippen molar-refractivity contribution in [3.63, 3.8) is 0 Å². The van der Waals surface area contributed by atoms with Crippen LogP contribution in [0.4, 0.5) is 5.82 Å². The number of nitrogen functional groups attached to an aromatic ring is 1. The minimum atomic E-state index is 0.629. The second-order valence-electron chi connectivity index (χ2n) is 5.47. The molecule has 0 radical (unpaired) electrons. The molecule has 2 fully saturated rings. The first kappa shape index (κ1) is 11.9. The van der Waals surface area contributed by atoms with Crippen LogP contribution in [-0.4, -0.2) is 47.0 Å². The molecule has 98 valence electrons. The average Bonchev–Trinajstić information content (AvgIpc) is 2.69. The van der Waals surface area contributed by atoms with E-state index in [1.54, 1.807) is 0 Å². The topological polar surface area (TPSA) is 45.4 Å². The van der Waals surface area contributed by atoms with Gasteiger partial charge < -0.3 is 5.73 Å². The third-order valence-corrected chi connectivity index (χ3v) is 4.10. The van der Waals surface area contributed by atoms with Crippen LogP contribution in [-0.2, 0) is 6.54 Å². The Labute approximate surface area is 109 Å². The van der Waals surface area contributed by atoms with Crippen molar-refractivity contribution in [3.05, 3.63) is 23.9 Å². The van der Waals surface area contributed by atoms with E-state index in [1.807, 2.05) is 12.1 Å². The number of hydrogen-bond donors (Lipinski definition) is 1. The molecule has 2 aliphatic heterocycles. The van der Waals surface area contributed by atoms with E-state index in [0.29, 0.717) is 5.82 Å². The summed E-state index contributed by atoms with van der Waals surface area (Å²) >= 11 is 0. The molecule has 18 heavy (non-hydrogen) atoms. The Morgan fingerprint density at radius 2 is 2.11 bits per heavy atom. The van der Waals surface area contributed by atoms with Crippen LogP contribution in [0.25, 0.3) is 0 Å². The van der Waals surface area contributed by atoms with Crippen LogP contribution >= 0.6 is 0 Å². The maximum atomic E-state index is 5.74. The number of anilines is 1. The maximum absolute atomic E-state index is 5.74. The molecule has 1 aromatic rings.